The normalized spacial score (nSPS) is 10.9. The average molecular weight is 729 g/mol. The molecule has 0 saturated heterocycles. The van der Waals surface area contributed by atoms with E-state index in [9.17, 15) is 0 Å². The molecule has 9 aromatic rings. The molecule has 2 aliphatic rings. The van der Waals surface area contributed by atoms with Gasteiger partial charge in [0, 0.05) is 85.7 Å². The quantitative estimate of drug-likeness (QED) is 0.148. The van der Waals surface area contributed by atoms with Crippen molar-refractivity contribution in [2.45, 2.75) is 0 Å². The fraction of sp³-hybridized carbons (Fsp3) is 0. The smallest absolute Gasteiger partial charge is 0.164 e. The molecule has 8 bridgehead atoms. The van der Waals surface area contributed by atoms with Gasteiger partial charge in [0.05, 0.1) is 0 Å². The Morgan fingerprint density at radius 3 is 0.774 bits per heavy atom. The minimum atomic E-state index is 0. The van der Waals surface area contributed by atoms with Crippen molar-refractivity contribution in [1.82, 2.24) is 49.8 Å². The Morgan fingerprint density at radius 2 is 0.547 bits per heavy atom. The third-order valence-electron chi connectivity index (χ3n) is 8.59. The van der Waals surface area contributed by atoms with Gasteiger partial charge in [-0.2, -0.15) is 0 Å². The maximum absolute atomic E-state index is 5.02. The summed E-state index contributed by atoms with van der Waals surface area (Å²) in [6.45, 7) is 0. The van der Waals surface area contributed by atoms with Crippen LogP contribution in [0, 0.1) is 0 Å². The van der Waals surface area contributed by atoms with Crippen molar-refractivity contribution < 1.29 is 17.1 Å². The molecule has 0 fully saturated rings. The summed E-state index contributed by atoms with van der Waals surface area (Å²) >= 11 is 0. The zero-order chi connectivity index (χ0) is 34.7. The molecule has 11 rings (SSSR count). The van der Waals surface area contributed by atoms with E-state index in [0.29, 0.717) is 45.9 Å². The van der Waals surface area contributed by atoms with Crippen LogP contribution < -0.4 is 0 Å². The van der Waals surface area contributed by atoms with E-state index in [1.165, 1.54) is 0 Å². The summed E-state index contributed by atoms with van der Waals surface area (Å²) < 4.78 is 0. The topological polar surface area (TPSA) is 135 Å². The summed E-state index contributed by atoms with van der Waals surface area (Å²) in [6.07, 6.45) is 7.00. The van der Waals surface area contributed by atoms with Crippen LogP contribution in [-0.2, 0) is 17.1 Å². The first-order chi connectivity index (χ1) is 25.8. The molecule has 5 aromatic heterocycles. The van der Waals surface area contributed by atoms with E-state index in [1.807, 2.05) is 133 Å². The minimum absolute atomic E-state index is 0. The Kier molecular flexibility index (Phi) is 9.23. The molecule has 0 amide bonds. The van der Waals surface area contributed by atoms with Crippen LogP contribution in [0.15, 0.2) is 158 Å². The van der Waals surface area contributed by atoms with Crippen LogP contribution in [0.1, 0.15) is 0 Å². The molecule has 10 nitrogen and oxygen atoms in total. The third-order valence-corrected chi connectivity index (χ3v) is 8.59. The van der Waals surface area contributed by atoms with Crippen LogP contribution in [0.2, 0.25) is 0 Å². The second-order valence-corrected chi connectivity index (χ2v) is 11.8. The van der Waals surface area contributed by atoms with Crippen LogP contribution in [0.4, 0.5) is 0 Å². The van der Waals surface area contributed by atoms with Gasteiger partial charge in [0.1, 0.15) is 22.6 Å². The number of aromatic nitrogens is 10. The van der Waals surface area contributed by atoms with E-state index in [1.54, 1.807) is 24.8 Å². The van der Waals surface area contributed by atoms with Gasteiger partial charge >= 0.3 is 0 Å². The molecule has 53 heavy (non-hydrogen) atoms. The van der Waals surface area contributed by atoms with Crippen LogP contribution in [-0.4, -0.2) is 49.8 Å². The van der Waals surface area contributed by atoms with Crippen molar-refractivity contribution in [1.29, 1.82) is 0 Å². The van der Waals surface area contributed by atoms with Crippen LogP contribution in [0.5, 0.6) is 0 Å². The van der Waals surface area contributed by atoms with Gasteiger partial charge < -0.3 is 9.97 Å². The summed E-state index contributed by atoms with van der Waals surface area (Å²) in [5, 5.41) is 3.82. The number of nitrogens with zero attached hydrogens (tertiary/aromatic N) is 8. The molecule has 7 heterocycles. The summed E-state index contributed by atoms with van der Waals surface area (Å²) in [5.74, 6) is 2.39. The number of fused-ring (bicyclic) bond motifs is 20. The second kappa shape index (κ2) is 14.7. The molecule has 0 saturated carbocycles. The van der Waals surface area contributed by atoms with Crippen molar-refractivity contribution in [2.24, 2.45) is 0 Å². The van der Waals surface area contributed by atoms with Gasteiger partial charge in [-0.3, -0.25) is 9.97 Å². The van der Waals surface area contributed by atoms with Crippen molar-refractivity contribution >= 4 is 44.1 Å². The number of H-pyrrole nitrogens is 2. The first kappa shape index (κ1) is 33.2. The van der Waals surface area contributed by atoms with E-state index < -0.39 is 0 Å². The second-order valence-electron chi connectivity index (χ2n) is 11.8. The molecular weight excluding hydrogens is 700 g/mol. The first-order valence-electron chi connectivity index (χ1n) is 16.7. The molecule has 254 valence electrons. The van der Waals surface area contributed by atoms with E-state index in [2.05, 4.69) is 19.9 Å². The number of nitrogens with one attached hydrogen (secondary N) is 2. The van der Waals surface area contributed by atoms with Crippen LogP contribution >= 0.6 is 0 Å². The zero-order valence-electron chi connectivity index (χ0n) is 27.9. The van der Waals surface area contributed by atoms with E-state index in [0.717, 1.165) is 43.8 Å². The maximum atomic E-state index is 5.02. The number of benzene rings is 4. The summed E-state index contributed by atoms with van der Waals surface area (Å²) in [7, 11) is 0. The molecule has 0 atom stereocenters. The van der Waals surface area contributed by atoms with E-state index in [4.69, 9.17) is 29.9 Å². The first-order valence-corrected chi connectivity index (χ1v) is 16.7. The number of hydrogen-bond acceptors (Lipinski definition) is 8. The third kappa shape index (κ3) is 6.54. The van der Waals surface area contributed by atoms with Gasteiger partial charge in [0.15, 0.2) is 23.3 Å². The molecular formula is C42H28FeN10. The molecule has 0 aliphatic carbocycles. The standard InChI is InChI=1S/C32H18N8.2C5H5N.Fe/c1-2-10-18-17(9-1)25-33-26(18)38-28-21-13-5-6-14-22(21)30(35-28)40-32-24-16-8-7-15-23(24)31(36-32)39-29-20-12-4-3-11-19(20)27(34-29)37-25;2*1-2-4-6-5-3-1;/h1-16H,(H2,33,34,35,36,37,38,39,40);2*1-5H;. The van der Waals surface area contributed by atoms with Crippen molar-refractivity contribution in [3.63, 3.8) is 0 Å². The molecule has 0 spiro atoms. The molecule has 0 radical (unpaired) electrons. The number of hydrogen-bond donors (Lipinski definition) is 2. The Bertz CT molecular complexity index is 2470. The van der Waals surface area contributed by atoms with Gasteiger partial charge in [-0.25, -0.2) is 29.9 Å². The predicted molar refractivity (Wildman–Crippen MR) is 205 cm³/mol. The van der Waals surface area contributed by atoms with E-state index in [-0.39, 0.29) is 17.1 Å². The van der Waals surface area contributed by atoms with Crippen molar-refractivity contribution in [3.05, 3.63) is 158 Å². The van der Waals surface area contributed by atoms with Gasteiger partial charge in [-0.05, 0) is 24.3 Å². The predicted octanol–water partition coefficient (Wildman–Crippen LogP) is 9.03. The molecule has 4 aromatic carbocycles. The van der Waals surface area contributed by atoms with E-state index >= 15 is 0 Å². The van der Waals surface area contributed by atoms with Gasteiger partial charge in [-0.15, -0.1) is 0 Å². The molecule has 0 unspecified atom stereocenters. The van der Waals surface area contributed by atoms with Crippen LogP contribution in [0.3, 0.4) is 0 Å². The Balaban J connectivity index is 0.000000263. The Hall–Kier alpha value is -6.94. The fourth-order valence-corrected chi connectivity index (χ4v) is 6.22. The summed E-state index contributed by atoms with van der Waals surface area (Å²) in [6, 6.07) is 43.7. The number of aromatic amines is 2. The average Bonchev–Trinajstić information content (AvgIpc) is 3.96. The molecule has 11 heteroatoms. The van der Waals surface area contributed by atoms with Gasteiger partial charge in [0.2, 0.25) is 0 Å². The molecule has 2 N–H and O–H groups in total. The molecule has 2 aliphatic heterocycles. The Morgan fingerprint density at radius 1 is 0.283 bits per heavy atom. The largest absolute Gasteiger partial charge is 0.324 e. The minimum Gasteiger partial charge on any atom is -0.324 e. The summed E-state index contributed by atoms with van der Waals surface area (Å²) in [4.78, 5) is 44.3. The Labute approximate surface area is 313 Å². The SMILES string of the molecule is [Fe].c1ccc2c(c1)-c1nc-2nc2[nH]c(nc3nc(nc4[nH]c(n1)c1ccccc41)-c1ccccc1-3)c1ccccc21.c1ccncc1.c1ccncc1. The van der Waals surface area contributed by atoms with Crippen LogP contribution in [0.25, 0.3) is 89.7 Å². The number of pyridine rings is 2. The van der Waals surface area contributed by atoms with Gasteiger partial charge in [-0.1, -0.05) is 109 Å². The monoisotopic (exact) mass is 728 g/mol. The van der Waals surface area contributed by atoms with Crippen molar-refractivity contribution in [3.8, 4) is 45.6 Å². The van der Waals surface area contributed by atoms with Crippen molar-refractivity contribution in [2.75, 3.05) is 0 Å². The summed E-state index contributed by atoms with van der Waals surface area (Å²) in [5.41, 5.74) is 6.45. The van der Waals surface area contributed by atoms with Gasteiger partial charge in [0.25, 0.3) is 0 Å². The fourth-order valence-electron chi connectivity index (χ4n) is 6.22. The maximum Gasteiger partial charge on any atom is 0.164 e. The zero-order valence-corrected chi connectivity index (χ0v) is 29.0. The number of rotatable bonds is 0.